The lowest BCUT2D eigenvalue weighted by Crippen LogP contribution is -2.13. The number of fused-ring (bicyclic) bond motifs is 1. The third kappa shape index (κ3) is 4.94. The summed E-state index contributed by atoms with van der Waals surface area (Å²) in [5.74, 6) is -0.0940. The fourth-order valence-corrected chi connectivity index (χ4v) is 3.09. The Hall–Kier alpha value is -2.62. The number of aryl methyl sites for hydroxylation is 2. The average molecular weight is 350 g/mol. The van der Waals surface area contributed by atoms with Crippen LogP contribution in [-0.4, -0.2) is 18.7 Å². The van der Waals surface area contributed by atoms with Crippen molar-refractivity contribution in [3.8, 4) is 0 Å². The highest BCUT2D eigenvalue weighted by Crippen LogP contribution is 2.24. The van der Waals surface area contributed by atoms with E-state index in [0.29, 0.717) is 12.2 Å². The summed E-state index contributed by atoms with van der Waals surface area (Å²) >= 11 is 0. The molecule has 0 saturated carbocycles. The largest absolute Gasteiger partial charge is 0.396 e. The average Bonchev–Trinajstić information content (AvgIpc) is 2.68. The van der Waals surface area contributed by atoms with Gasteiger partial charge in [0.05, 0.1) is 6.21 Å². The molecule has 0 atom stereocenters. The molecule has 0 aromatic heterocycles. The molecule has 1 aliphatic rings. The SMILES string of the molecule is CCCCON=Cc1ccc(C(=O)Nc2ccc3c(c2)CCCC3)cc1. The normalized spacial score (nSPS) is 13.4. The highest BCUT2D eigenvalue weighted by atomic mass is 16.6. The van der Waals surface area contributed by atoms with Gasteiger partial charge < -0.3 is 10.2 Å². The Morgan fingerprint density at radius 1 is 1.12 bits per heavy atom. The van der Waals surface area contributed by atoms with Crippen molar-refractivity contribution in [2.75, 3.05) is 11.9 Å². The molecule has 2 aromatic carbocycles. The van der Waals surface area contributed by atoms with Crippen LogP contribution in [0.5, 0.6) is 0 Å². The van der Waals surface area contributed by atoms with Crippen molar-refractivity contribution in [2.24, 2.45) is 5.16 Å². The maximum atomic E-state index is 12.5. The zero-order valence-electron chi connectivity index (χ0n) is 15.3. The Morgan fingerprint density at radius 2 is 1.88 bits per heavy atom. The van der Waals surface area contributed by atoms with E-state index < -0.39 is 0 Å². The predicted molar refractivity (Wildman–Crippen MR) is 106 cm³/mol. The number of rotatable bonds is 7. The minimum atomic E-state index is -0.0940. The number of unbranched alkanes of at least 4 members (excludes halogenated alkanes) is 1. The molecule has 3 rings (SSSR count). The lowest BCUT2D eigenvalue weighted by atomic mass is 9.91. The van der Waals surface area contributed by atoms with Gasteiger partial charge in [-0.25, -0.2) is 0 Å². The molecule has 136 valence electrons. The molecule has 26 heavy (non-hydrogen) atoms. The number of benzene rings is 2. The number of carbonyl (C=O) groups is 1. The van der Waals surface area contributed by atoms with Crippen molar-refractivity contribution in [1.82, 2.24) is 0 Å². The van der Waals surface area contributed by atoms with Gasteiger partial charge in [-0.05, 0) is 73.1 Å². The summed E-state index contributed by atoms with van der Waals surface area (Å²) in [6.45, 7) is 2.75. The van der Waals surface area contributed by atoms with Crippen molar-refractivity contribution < 1.29 is 9.63 Å². The van der Waals surface area contributed by atoms with Crippen LogP contribution in [0.3, 0.4) is 0 Å². The Balaban J connectivity index is 1.58. The molecule has 1 aliphatic carbocycles. The highest BCUT2D eigenvalue weighted by Gasteiger charge is 2.11. The first kappa shape index (κ1) is 18.2. The minimum Gasteiger partial charge on any atom is -0.396 e. The molecule has 2 aromatic rings. The molecule has 0 aliphatic heterocycles. The number of nitrogens with one attached hydrogen (secondary N) is 1. The second kappa shape index (κ2) is 9.18. The third-order valence-electron chi connectivity index (χ3n) is 4.64. The molecule has 0 radical (unpaired) electrons. The smallest absolute Gasteiger partial charge is 0.255 e. The van der Waals surface area contributed by atoms with Crippen molar-refractivity contribution >= 4 is 17.8 Å². The van der Waals surface area contributed by atoms with Crippen LogP contribution in [0.4, 0.5) is 5.69 Å². The first-order valence-corrected chi connectivity index (χ1v) is 9.45. The third-order valence-corrected chi connectivity index (χ3v) is 4.64. The zero-order valence-corrected chi connectivity index (χ0v) is 15.3. The van der Waals surface area contributed by atoms with Gasteiger partial charge in [0.25, 0.3) is 5.91 Å². The quantitative estimate of drug-likeness (QED) is 0.435. The van der Waals surface area contributed by atoms with E-state index in [9.17, 15) is 4.79 Å². The van der Waals surface area contributed by atoms with Gasteiger partial charge in [-0.2, -0.15) is 0 Å². The van der Waals surface area contributed by atoms with Gasteiger partial charge in [-0.3, -0.25) is 4.79 Å². The standard InChI is InChI=1S/C22H26N2O2/c1-2-3-14-26-23-16-17-8-10-19(11-9-17)22(25)24-21-13-12-18-6-4-5-7-20(18)15-21/h8-13,15-16H,2-7,14H2,1H3,(H,24,25). The van der Waals surface area contributed by atoms with Crippen LogP contribution in [0.1, 0.15) is 59.7 Å². The molecule has 0 spiro atoms. The second-order valence-electron chi connectivity index (χ2n) is 6.69. The van der Waals surface area contributed by atoms with E-state index in [0.717, 1.165) is 36.9 Å². The van der Waals surface area contributed by atoms with Gasteiger partial charge in [0.2, 0.25) is 0 Å². The number of amides is 1. The monoisotopic (exact) mass is 350 g/mol. The molecule has 1 N–H and O–H groups in total. The minimum absolute atomic E-state index is 0.0940. The highest BCUT2D eigenvalue weighted by molar-refractivity contribution is 6.04. The fraction of sp³-hybridized carbons (Fsp3) is 0.364. The van der Waals surface area contributed by atoms with Gasteiger partial charge in [-0.1, -0.05) is 36.7 Å². The molecule has 1 amide bonds. The molecule has 0 heterocycles. The van der Waals surface area contributed by atoms with Crippen molar-refractivity contribution in [3.05, 3.63) is 64.7 Å². The van der Waals surface area contributed by atoms with Crippen LogP contribution < -0.4 is 5.32 Å². The van der Waals surface area contributed by atoms with E-state index in [2.05, 4.69) is 29.5 Å². The van der Waals surface area contributed by atoms with Gasteiger partial charge in [0, 0.05) is 11.3 Å². The topological polar surface area (TPSA) is 50.7 Å². The van der Waals surface area contributed by atoms with E-state index in [4.69, 9.17) is 4.84 Å². The van der Waals surface area contributed by atoms with E-state index in [1.807, 2.05) is 18.2 Å². The summed E-state index contributed by atoms with van der Waals surface area (Å²) in [5, 5.41) is 6.93. The Labute approximate surface area is 155 Å². The summed E-state index contributed by atoms with van der Waals surface area (Å²) in [6, 6.07) is 13.6. The van der Waals surface area contributed by atoms with Crippen molar-refractivity contribution in [1.29, 1.82) is 0 Å². The van der Waals surface area contributed by atoms with Crippen LogP contribution in [0.15, 0.2) is 47.6 Å². The van der Waals surface area contributed by atoms with Crippen LogP contribution in [-0.2, 0) is 17.7 Å². The molecule has 0 saturated heterocycles. The molecular formula is C22H26N2O2. The van der Waals surface area contributed by atoms with Crippen molar-refractivity contribution in [3.63, 3.8) is 0 Å². The maximum Gasteiger partial charge on any atom is 0.255 e. The maximum absolute atomic E-state index is 12.5. The number of nitrogens with zero attached hydrogens (tertiary/aromatic N) is 1. The molecule has 4 nitrogen and oxygen atoms in total. The first-order valence-electron chi connectivity index (χ1n) is 9.45. The first-order chi connectivity index (χ1) is 12.8. The molecule has 4 heteroatoms. The lowest BCUT2D eigenvalue weighted by Gasteiger charge is -2.16. The van der Waals surface area contributed by atoms with Gasteiger partial charge >= 0.3 is 0 Å². The van der Waals surface area contributed by atoms with E-state index >= 15 is 0 Å². The second-order valence-corrected chi connectivity index (χ2v) is 6.69. The fourth-order valence-electron chi connectivity index (χ4n) is 3.09. The van der Waals surface area contributed by atoms with Crippen LogP contribution in [0, 0.1) is 0 Å². The summed E-state index contributed by atoms with van der Waals surface area (Å²) in [7, 11) is 0. The Morgan fingerprint density at radius 3 is 2.65 bits per heavy atom. The molecule has 0 bridgehead atoms. The van der Waals surface area contributed by atoms with Crippen molar-refractivity contribution in [2.45, 2.75) is 45.4 Å². The summed E-state index contributed by atoms with van der Waals surface area (Å²) in [5.41, 5.74) is 5.19. The zero-order chi connectivity index (χ0) is 18.2. The number of hydrogen-bond donors (Lipinski definition) is 1. The lowest BCUT2D eigenvalue weighted by molar-refractivity contribution is 0.102. The number of carbonyl (C=O) groups excluding carboxylic acids is 1. The van der Waals surface area contributed by atoms with Gasteiger partial charge in [0.1, 0.15) is 6.61 Å². The number of hydrogen-bond acceptors (Lipinski definition) is 3. The predicted octanol–water partition coefficient (Wildman–Crippen LogP) is 4.97. The van der Waals surface area contributed by atoms with E-state index in [1.165, 1.54) is 24.0 Å². The molecule has 0 fully saturated rings. The van der Waals surface area contributed by atoms with Crippen LogP contribution in [0.2, 0.25) is 0 Å². The number of anilines is 1. The summed E-state index contributed by atoms with van der Waals surface area (Å²) in [6.07, 6.45) is 8.50. The Kier molecular flexibility index (Phi) is 6.42. The van der Waals surface area contributed by atoms with Gasteiger partial charge in [0.15, 0.2) is 0 Å². The van der Waals surface area contributed by atoms with Crippen LogP contribution >= 0.6 is 0 Å². The van der Waals surface area contributed by atoms with Gasteiger partial charge in [-0.15, -0.1) is 0 Å². The van der Waals surface area contributed by atoms with Crippen LogP contribution in [0.25, 0.3) is 0 Å². The van der Waals surface area contributed by atoms with E-state index in [1.54, 1.807) is 18.3 Å². The summed E-state index contributed by atoms with van der Waals surface area (Å²) in [4.78, 5) is 17.6. The molecule has 0 unspecified atom stereocenters. The number of oxime groups is 1. The summed E-state index contributed by atoms with van der Waals surface area (Å²) < 4.78 is 0. The van der Waals surface area contributed by atoms with E-state index in [-0.39, 0.29) is 5.91 Å². The Bertz CT molecular complexity index is 766. The molecular weight excluding hydrogens is 324 g/mol.